The summed E-state index contributed by atoms with van der Waals surface area (Å²) in [5.41, 5.74) is 0.758. The molecule has 1 unspecified atom stereocenters. The monoisotopic (exact) mass is 532 g/mol. The van der Waals surface area contributed by atoms with Crippen molar-refractivity contribution in [2.45, 2.75) is 48.3 Å². The number of fused-ring (bicyclic) bond motifs is 3. The number of rotatable bonds is 4. The molecule has 1 spiro atoms. The lowest BCUT2D eigenvalue weighted by molar-refractivity contribution is -0.153. The van der Waals surface area contributed by atoms with E-state index in [1.54, 1.807) is 9.80 Å². The van der Waals surface area contributed by atoms with Gasteiger partial charge < -0.3 is 19.6 Å². The van der Waals surface area contributed by atoms with Gasteiger partial charge in [-0.25, -0.2) is 0 Å². The van der Waals surface area contributed by atoms with Crippen LogP contribution in [0.3, 0.4) is 0 Å². The minimum Gasteiger partial charge on any atom is -0.465 e. The van der Waals surface area contributed by atoms with Gasteiger partial charge >= 0.3 is 5.97 Å². The number of nitrogens with zero attached hydrogens (tertiary/aromatic N) is 2. The van der Waals surface area contributed by atoms with Gasteiger partial charge in [0.1, 0.15) is 6.04 Å². The third-order valence-electron chi connectivity index (χ3n) is 8.41. The first kappa shape index (κ1) is 25.2. The number of aliphatic hydroxyl groups excluding tert-OH is 1. The van der Waals surface area contributed by atoms with Crippen molar-refractivity contribution in [2.75, 3.05) is 24.7 Å². The molecule has 1 N–H and O–H groups in total. The number of esters is 1. The van der Waals surface area contributed by atoms with E-state index in [-0.39, 0.29) is 29.6 Å². The number of hydrogen-bond acceptors (Lipinski definition) is 6. The van der Waals surface area contributed by atoms with Crippen LogP contribution in [-0.2, 0) is 19.1 Å². The van der Waals surface area contributed by atoms with E-state index >= 15 is 0 Å². The molecule has 7 nitrogen and oxygen atoms in total. The first-order valence-electron chi connectivity index (χ1n) is 13.4. The molecule has 0 aliphatic carbocycles. The highest BCUT2D eigenvalue weighted by Crippen LogP contribution is 2.61. The van der Waals surface area contributed by atoms with Gasteiger partial charge in [-0.2, -0.15) is 0 Å². The number of likely N-dealkylation sites (tertiary alicyclic amines) is 1. The number of amides is 2. The minimum absolute atomic E-state index is 0.190. The molecular weight excluding hydrogens is 500 g/mol. The lowest BCUT2D eigenvalue weighted by Crippen LogP contribution is -2.56. The predicted molar refractivity (Wildman–Crippen MR) is 148 cm³/mol. The first-order valence-corrected chi connectivity index (χ1v) is 14.3. The molecule has 2 fully saturated rings. The Morgan fingerprint density at radius 3 is 2.71 bits per heavy atom. The van der Waals surface area contributed by atoms with Crippen LogP contribution in [0, 0.1) is 11.8 Å². The quantitative estimate of drug-likeness (QED) is 0.477. The van der Waals surface area contributed by atoms with Gasteiger partial charge in [0.2, 0.25) is 5.91 Å². The van der Waals surface area contributed by atoms with Crippen molar-refractivity contribution in [3.05, 3.63) is 66.8 Å². The molecule has 4 heterocycles. The van der Waals surface area contributed by atoms with Gasteiger partial charge in [-0.05, 0) is 42.2 Å². The highest BCUT2D eigenvalue weighted by molar-refractivity contribution is 8.02. The molecule has 6 rings (SSSR count). The summed E-state index contributed by atoms with van der Waals surface area (Å²) in [5, 5.41) is 12.1. The largest absolute Gasteiger partial charge is 0.465 e. The molecular formula is C30H32N2O5S. The van der Waals surface area contributed by atoms with Crippen LogP contribution in [0.25, 0.3) is 10.8 Å². The maximum absolute atomic E-state index is 14.5. The maximum Gasteiger partial charge on any atom is 0.311 e. The zero-order chi connectivity index (χ0) is 26.4. The fourth-order valence-corrected chi connectivity index (χ4v) is 8.56. The van der Waals surface area contributed by atoms with E-state index in [0.717, 1.165) is 29.3 Å². The van der Waals surface area contributed by atoms with E-state index in [4.69, 9.17) is 4.74 Å². The first-order chi connectivity index (χ1) is 18.5. The van der Waals surface area contributed by atoms with Crippen molar-refractivity contribution in [3.63, 3.8) is 0 Å². The second kappa shape index (κ2) is 9.89. The molecule has 2 saturated heterocycles. The van der Waals surface area contributed by atoms with Crippen LogP contribution >= 0.6 is 11.8 Å². The van der Waals surface area contributed by atoms with E-state index in [1.807, 2.05) is 67.6 Å². The summed E-state index contributed by atoms with van der Waals surface area (Å²) in [7, 11) is 0. The van der Waals surface area contributed by atoms with Gasteiger partial charge in [0, 0.05) is 17.5 Å². The second-order valence-corrected chi connectivity index (χ2v) is 11.9. The predicted octanol–water partition coefficient (Wildman–Crippen LogP) is 3.70. The number of anilines is 1. The van der Waals surface area contributed by atoms with E-state index < -0.39 is 28.7 Å². The van der Waals surface area contributed by atoms with Crippen molar-refractivity contribution < 1.29 is 24.2 Å². The Labute approximate surface area is 226 Å². The summed E-state index contributed by atoms with van der Waals surface area (Å²) < 4.78 is 4.69. The van der Waals surface area contributed by atoms with Gasteiger partial charge in [-0.15, -0.1) is 11.8 Å². The lowest BCUT2D eigenvalue weighted by atomic mass is 9.78. The van der Waals surface area contributed by atoms with Gasteiger partial charge in [0.15, 0.2) is 0 Å². The van der Waals surface area contributed by atoms with Crippen LogP contribution in [0.15, 0.2) is 66.8 Å². The summed E-state index contributed by atoms with van der Waals surface area (Å²) in [4.78, 5) is 45.4. The molecule has 0 bridgehead atoms. The van der Waals surface area contributed by atoms with E-state index in [2.05, 4.69) is 6.08 Å². The Hall–Kier alpha value is -3.10. The third-order valence-corrected chi connectivity index (χ3v) is 10.2. The van der Waals surface area contributed by atoms with Gasteiger partial charge in [-0.1, -0.05) is 61.6 Å². The molecule has 2 amide bonds. The molecule has 6 atom stereocenters. The summed E-state index contributed by atoms with van der Waals surface area (Å²) in [6, 6.07) is 12.6. The van der Waals surface area contributed by atoms with Gasteiger partial charge in [-0.3, -0.25) is 14.4 Å². The number of hydrogen-bond donors (Lipinski definition) is 1. The van der Waals surface area contributed by atoms with Crippen molar-refractivity contribution >= 4 is 46.0 Å². The average molecular weight is 533 g/mol. The number of aliphatic hydroxyl groups is 1. The Bertz CT molecular complexity index is 1340. The van der Waals surface area contributed by atoms with Crippen LogP contribution in [0.1, 0.15) is 26.2 Å². The second-order valence-electron chi connectivity index (χ2n) is 10.5. The number of ether oxygens (including phenoxy) is 1. The van der Waals surface area contributed by atoms with Gasteiger partial charge in [0.25, 0.3) is 5.91 Å². The Morgan fingerprint density at radius 2 is 1.92 bits per heavy atom. The number of carbonyl (C=O) groups excluding carboxylic acids is 3. The molecule has 2 aromatic rings. The van der Waals surface area contributed by atoms with E-state index in [9.17, 15) is 19.5 Å². The normalized spacial score (nSPS) is 32.5. The molecule has 4 aliphatic heterocycles. The molecule has 0 aromatic heterocycles. The number of carbonyl (C=O) groups is 3. The van der Waals surface area contributed by atoms with Crippen LogP contribution in [0.5, 0.6) is 0 Å². The maximum atomic E-state index is 14.5. The van der Waals surface area contributed by atoms with E-state index in [1.165, 1.54) is 11.8 Å². The highest BCUT2D eigenvalue weighted by atomic mass is 32.2. The van der Waals surface area contributed by atoms with Crippen LogP contribution in [0.2, 0.25) is 0 Å². The van der Waals surface area contributed by atoms with Crippen molar-refractivity contribution in [3.8, 4) is 0 Å². The minimum atomic E-state index is -0.930. The smallest absolute Gasteiger partial charge is 0.311 e. The molecule has 8 heteroatoms. The summed E-state index contributed by atoms with van der Waals surface area (Å²) >= 11 is 1.53. The zero-order valence-corrected chi connectivity index (χ0v) is 22.2. The highest BCUT2D eigenvalue weighted by Gasteiger charge is 2.71. The Kier molecular flexibility index (Phi) is 6.56. The fraction of sp³-hybridized carbons (Fsp3) is 0.433. The lowest BCUT2D eigenvalue weighted by Gasteiger charge is -2.38. The van der Waals surface area contributed by atoms with Crippen molar-refractivity contribution in [2.24, 2.45) is 11.8 Å². The van der Waals surface area contributed by atoms with Gasteiger partial charge in [0.05, 0.1) is 35.8 Å². The molecule has 0 radical (unpaired) electrons. The standard InChI is InChI=1S/C30H32N2O5S/c1-2-21(18-33)32-26-28(35)31(22-13-12-19-9-5-6-10-20(19)17-22)15-8-14-30(26)25(27(32)34)24-23(38-30)11-4-3-7-16-37-29(24)36/h4-6,8-14,17,21,23-26,33H,2-3,7,15-16,18H2,1H3/b11-4-/t21-,23-,24+,25-,26?,30-/m0/s1. The zero-order valence-electron chi connectivity index (χ0n) is 21.4. The van der Waals surface area contributed by atoms with Crippen LogP contribution in [0.4, 0.5) is 5.69 Å². The number of thioether (sulfide) groups is 1. The third kappa shape index (κ3) is 3.80. The number of cyclic esters (lactones) is 1. The molecule has 2 aromatic carbocycles. The van der Waals surface area contributed by atoms with Crippen molar-refractivity contribution in [1.82, 2.24) is 4.90 Å². The Morgan fingerprint density at radius 1 is 1.11 bits per heavy atom. The SMILES string of the molecule is CC[C@@H](CO)N1C(=O)[C@@H]2[C@@H]3C(=O)OCCC/C=C\[C@@H]3S[C@@]23C=CCN(c2ccc4ccccc4c2)C(=O)C13. The molecule has 198 valence electrons. The summed E-state index contributed by atoms with van der Waals surface area (Å²) in [6.07, 6.45) is 10.1. The fourth-order valence-electron chi connectivity index (χ4n) is 6.58. The average Bonchev–Trinajstić information content (AvgIpc) is 3.34. The molecule has 38 heavy (non-hydrogen) atoms. The topological polar surface area (TPSA) is 87.2 Å². The Balaban J connectivity index is 1.47. The van der Waals surface area contributed by atoms with E-state index in [0.29, 0.717) is 19.6 Å². The van der Waals surface area contributed by atoms with Crippen LogP contribution < -0.4 is 4.90 Å². The molecule has 0 saturated carbocycles. The van der Waals surface area contributed by atoms with Crippen LogP contribution in [-0.4, -0.2) is 69.6 Å². The number of allylic oxidation sites excluding steroid dienone is 1. The van der Waals surface area contributed by atoms with Crippen molar-refractivity contribution in [1.29, 1.82) is 0 Å². The number of benzene rings is 2. The molecule has 4 aliphatic rings. The summed E-state index contributed by atoms with van der Waals surface area (Å²) in [6.45, 7) is 2.32. The summed E-state index contributed by atoms with van der Waals surface area (Å²) in [5.74, 6) is -2.24.